The van der Waals surface area contributed by atoms with Crippen molar-refractivity contribution in [2.75, 3.05) is 6.61 Å². The Morgan fingerprint density at radius 1 is 1.10 bits per heavy atom. The summed E-state index contributed by atoms with van der Waals surface area (Å²) in [5, 5.41) is 0. The quantitative estimate of drug-likeness (QED) is 0.364. The van der Waals surface area contributed by atoms with Crippen molar-refractivity contribution >= 4 is 5.78 Å². The number of benzene rings is 2. The average Bonchev–Trinajstić information content (AvgIpc) is 2.70. The van der Waals surface area contributed by atoms with E-state index >= 15 is 0 Å². The molecule has 1 aliphatic carbocycles. The maximum Gasteiger partial charge on any atom is 0.160 e. The lowest BCUT2D eigenvalue weighted by Crippen LogP contribution is -2.06. The first-order valence-corrected chi connectivity index (χ1v) is 10.3. The molecule has 3 nitrogen and oxygen atoms in total. The minimum Gasteiger partial charge on any atom is -0.493 e. The Kier molecular flexibility index (Phi) is 7.29. The van der Waals surface area contributed by atoms with Gasteiger partial charge in [0, 0.05) is 17.2 Å². The van der Waals surface area contributed by atoms with E-state index < -0.39 is 0 Å². The number of allylic oxidation sites excluding steroid dienone is 4. The fourth-order valence-corrected chi connectivity index (χ4v) is 3.77. The van der Waals surface area contributed by atoms with E-state index in [1.54, 1.807) is 6.92 Å². The number of carbonyl (C=O) groups is 1. The van der Waals surface area contributed by atoms with Crippen molar-refractivity contribution in [1.82, 2.24) is 0 Å². The van der Waals surface area contributed by atoms with Gasteiger partial charge in [-0.25, -0.2) is 0 Å². The van der Waals surface area contributed by atoms with Crippen molar-refractivity contribution in [3.63, 3.8) is 0 Å². The van der Waals surface area contributed by atoms with E-state index in [9.17, 15) is 4.79 Å². The highest BCUT2D eigenvalue weighted by Gasteiger charge is 2.11. The molecule has 0 saturated heterocycles. The lowest BCUT2D eigenvalue weighted by atomic mass is 9.93. The summed E-state index contributed by atoms with van der Waals surface area (Å²) in [4.78, 5) is 11.9. The monoisotopic (exact) mass is 390 g/mol. The normalized spacial score (nSPS) is 15.7. The van der Waals surface area contributed by atoms with Crippen molar-refractivity contribution in [3.05, 3.63) is 83.0 Å². The summed E-state index contributed by atoms with van der Waals surface area (Å²) in [5.74, 6) is 2.26. The average molecular weight is 391 g/mol. The molecule has 0 aliphatic heterocycles. The van der Waals surface area contributed by atoms with E-state index in [1.807, 2.05) is 49.4 Å². The highest BCUT2D eigenvalue weighted by Crippen LogP contribution is 2.24. The van der Waals surface area contributed by atoms with Crippen molar-refractivity contribution in [3.8, 4) is 11.5 Å². The molecule has 0 amide bonds. The van der Waals surface area contributed by atoms with E-state index in [0.717, 1.165) is 47.5 Å². The zero-order chi connectivity index (χ0) is 20.6. The number of hydrogen-bond acceptors (Lipinski definition) is 3. The van der Waals surface area contributed by atoms with Crippen LogP contribution < -0.4 is 9.47 Å². The zero-order valence-corrected chi connectivity index (χ0v) is 17.6. The third kappa shape index (κ3) is 6.08. The predicted molar refractivity (Wildman–Crippen MR) is 118 cm³/mol. The summed E-state index contributed by atoms with van der Waals surface area (Å²) in [7, 11) is 0. The van der Waals surface area contributed by atoms with Gasteiger partial charge >= 0.3 is 0 Å². The van der Waals surface area contributed by atoms with E-state index in [2.05, 4.69) is 25.2 Å². The van der Waals surface area contributed by atoms with Gasteiger partial charge in [-0.15, -0.1) is 0 Å². The maximum atomic E-state index is 11.9. The Bertz CT molecular complexity index is 908. The second kappa shape index (κ2) is 10.1. The summed E-state index contributed by atoms with van der Waals surface area (Å²) in [6.07, 6.45) is 9.88. The summed E-state index contributed by atoms with van der Waals surface area (Å²) < 4.78 is 11.9. The Morgan fingerprint density at radius 3 is 2.62 bits per heavy atom. The van der Waals surface area contributed by atoms with Gasteiger partial charge in [-0.3, -0.25) is 4.79 Å². The first-order valence-electron chi connectivity index (χ1n) is 10.3. The lowest BCUT2D eigenvalue weighted by molar-refractivity contribution is 0.101. The zero-order valence-electron chi connectivity index (χ0n) is 17.6. The van der Waals surface area contributed by atoms with Crippen LogP contribution in [0.5, 0.6) is 11.5 Å². The van der Waals surface area contributed by atoms with Crippen LogP contribution >= 0.6 is 0 Å². The summed E-state index contributed by atoms with van der Waals surface area (Å²) in [6, 6.07) is 13.6. The molecule has 0 heterocycles. The third-order valence-electron chi connectivity index (χ3n) is 5.18. The SMILES string of the molecule is CC(=O)c1c(C)cccc1COc1cccc(OCCCC2=CC=CC(C)C2)c1. The van der Waals surface area contributed by atoms with Gasteiger partial charge < -0.3 is 9.47 Å². The molecule has 29 heavy (non-hydrogen) atoms. The number of hydrogen-bond donors (Lipinski definition) is 0. The topological polar surface area (TPSA) is 35.5 Å². The van der Waals surface area contributed by atoms with Crippen LogP contribution in [0, 0.1) is 12.8 Å². The Morgan fingerprint density at radius 2 is 1.86 bits per heavy atom. The highest BCUT2D eigenvalue weighted by molar-refractivity contribution is 5.96. The lowest BCUT2D eigenvalue weighted by Gasteiger charge is -2.15. The second-order valence-electron chi connectivity index (χ2n) is 7.77. The molecule has 3 heteroatoms. The molecule has 2 aromatic carbocycles. The number of ether oxygens (including phenoxy) is 2. The minimum absolute atomic E-state index is 0.0664. The largest absolute Gasteiger partial charge is 0.493 e. The standard InChI is InChI=1S/C26H30O3/c1-19-8-4-10-22(16-19)11-7-15-28-24-13-6-14-25(17-24)29-18-23-12-5-9-20(2)26(23)21(3)27/h4-6,8-10,12-14,17,19H,7,11,15-16,18H2,1-3H3. The molecular formula is C26H30O3. The van der Waals surface area contributed by atoms with Crippen molar-refractivity contribution < 1.29 is 14.3 Å². The molecule has 0 fully saturated rings. The molecule has 0 bridgehead atoms. The fourth-order valence-electron chi connectivity index (χ4n) is 3.77. The van der Waals surface area contributed by atoms with E-state index in [4.69, 9.17) is 9.47 Å². The molecule has 0 spiro atoms. The highest BCUT2D eigenvalue weighted by atomic mass is 16.5. The molecule has 0 radical (unpaired) electrons. The van der Waals surface area contributed by atoms with Crippen LogP contribution in [0.15, 0.2) is 66.3 Å². The fraction of sp³-hybridized carbons (Fsp3) is 0.346. The Hall–Kier alpha value is -2.81. The van der Waals surface area contributed by atoms with E-state index in [-0.39, 0.29) is 5.78 Å². The van der Waals surface area contributed by atoms with Crippen LogP contribution in [0.3, 0.4) is 0 Å². The molecule has 0 saturated carbocycles. The minimum atomic E-state index is 0.0664. The van der Waals surface area contributed by atoms with Crippen molar-refractivity contribution in [1.29, 1.82) is 0 Å². The maximum absolute atomic E-state index is 11.9. The van der Waals surface area contributed by atoms with E-state index in [0.29, 0.717) is 19.1 Å². The van der Waals surface area contributed by atoms with Gasteiger partial charge in [0.25, 0.3) is 0 Å². The summed E-state index contributed by atoms with van der Waals surface area (Å²) >= 11 is 0. The van der Waals surface area contributed by atoms with Crippen molar-refractivity contribution in [2.45, 2.75) is 46.6 Å². The van der Waals surface area contributed by atoms with Gasteiger partial charge in [-0.1, -0.05) is 55.0 Å². The number of aryl methyl sites for hydroxylation is 1. The second-order valence-corrected chi connectivity index (χ2v) is 7.77. The van der Waals surface area contributed by atoms with Gasteiger partial charge in [0.2, 0.25) is 0 Å². The Labute approximate surface area is 174 Å². The van der Waals surface area contributed by atoms with Crippen molar-refractivity contribution in [2.24, 2.45) is 5.92 Å². The molecular weight excluding hydrogens is 360 g/mol. The molecule has 1 unspecified atom stereocenters. The molecule has 0 N–H and O–H groups in total. The molecule has 2 aromatic rings. The van der Waals surface area contributed by atoms with Gasteiger partial charge in [-0.05, 0) is 56.7 Å². The Balaban J connectivity index is 1.51. The van der Waals surface area contributed by atoms with Gasteiger partial charge in [0.1, 0.15) is 18.1 Å². The first-order chi connectivity index (χ1) is 14.0. The van der Waals surface area contributed by atoms with Gasteiger partial charge in [0.15, 0.2) is 5.78 Å². The predicted octanol–water partition coefficient (Wildman–Crippen LogP) is 6.46. The van der Waals surface area contributed by atoms with Gasteiger partial charge in [0.05, 0.1) is 6.61 Å². The van der Waals surface area contributed by atoms with Crippen LogP contribution in [0.4, 0.5) is 0 Å². The number of rotatable bonds is 9. The molecule has 152 valence electrons. The third-order valence-corrected chi connectivity index (χ3v) is 5.18. The van der Waals surface area contributed by atoms with Gasteiger partial charge in [-0.2, -0.15) is 0 Å². The van der Waals surface area contributed by atoms with Crippen LogP contribution in [0.2, 0.25) is 0 Å². The smallest absolute Gasteiger partial charge is 0.160 e. The molecule has 3 rings (SSSR count). The number of ketones is 1. The molecule has 1 aliphatic rings. The van der Waals surface area contributed by atoms with Crippen LogP contribution in [0.25, 0.3) is 0 Å². The van der Waals surface area contributed by atoms with E-state index in [1.165, 1.54) is 5.57 Å². The van der Waals surface area contributed by atoms with Crippen LogP contribution in [-0.4, -0.2) is 12.4 Å². The van der Waals surface area contributed by atoms with Crippen LogP contribution in [-0.2, 0) is 6.61 Å². The number of carbonyl (C=O) groups excluding carboxylic acids is 1. The first kappa shape index (κ1) is 20.9. The molecule has 0 aromatic heterocycles. The summed E-state index contributed by atoms with van der Waals surface area (Å²) in [5.41, 5.74) is 4.14. The molecule has 1 atom stereocenters. The van der Waals surface area contributed by atoms with Crippen LogP contribution in [0.1, 0.15) is 54.6 Å². The number of Topliss-reactive ketones (excluding diaryl/α,β-unsaturated/α-hetero) is 1. The summed E-state index contributed by atoms with van der Waals surface area (Å²) in [6.45, 7) is 6.85.